The molecule has 2 heteroatoms. The van der Waals surface area contributed by atoms with Crippen molar-refractivity contribution in [2.24, 2.45) is 0 Å². The van der Waals surface area contributed by atoms with Gasteiger partial charge in [-0.2, -0.15) is 0 Å². The summed E-state index contributed by atoms with van der Waals surface area (Å²) in [5, 5.41) is 0. The van der Waals surface area contributed by atoms with Crippen molar-refractivity contribution >= 4 is 26.3 Å². The van der Waals surface area contributed by atoms with Crippen LogP contribution in [-0.4, -0.2) is 24.6 Å². The quantitative estimate of drug-likeness (QED) is 0.360. The van der Waals surface area contributed by atoms with Gasteiger partial charge in [-0.05, 0) is 0 Å². The van der Waals surface area contributed by atoms with Crippen molar-refractivity contribution in [3.8, 4) is 0 Å². The fourth-order valence-electron chi connectivity index (χ4n) is 2.90. The zero-order valence-corrected chi connectivity index (χ0v) is 14.2. The van der Waals surface area contributed by atoms with Crippen molar-refractivity contribution in [3.63, 3.8) is 0 Å². The predicted octanol–water partition coefficient (Wildman–Crippen LogP) is 5.92. The molecule has 0 saturated heterocycles. The molecule has 94 valence electrons. The molecule has 0 atom stereocenters. The molecule has 0 aliphatic carbocycles. The molecule has 0 aliphatic rings. The third-order valence-electron chi connectivity index (χ3n) is 3.42. The van der Waals surface area contributed by atoms with E-state index in [9.17, 15) is 0 Å². The fraction of sp³-hybridized carbons (Fsp3) is 1.00. The Kier molecular flexibility index (Phi) is 8.06. The molecule has 0 amide bonds. The van der Waals surface area contributed by atoms with Crippen molar-refractivity contribution in [1.29, 1.82) is 0 Å². The van der Waals surface area contributed by atoms with Crippen LogP contribution in [0.25, 0.3) is 0 Å². The summed E-state index contributed by atoms with van der Waals surface area (Å²) in [6.07, 6.45) is 13.2. The van der Waals surface area contributed by atoms with Crippen LogP contribution in [-0.2, 0) is 0 Å². The molecule has 0 nitrogen and oxygen atoms in total. The van der Waals surface area contributed by atoms with Gasteiger partial charge in [-0.1, -0.05) is 0 Å². The van der Waals surface area contributed by atoms with E-state index in [1.807, 2.05) is 0 Å². The van der Waals surface area contributed by atoms with Crippen LogP contribution in [0.3, 0.4) is 0 Å². The maximum atomic E-state index is 2.96. The van der Waals surface area contributed by atoms with Gasteiger partial charge in [0.05, 0.1) is 0 Å². The molecule has 15 heavy (non-hydrogen) atoms. The third-order valence-corrected chi connectivity index (χ3v) is 15.3. The summed E-state index contributed by atoms with van der Waals surface area (Å²) < 4.78 is -1.32. The van der Waals surface area contributed by atoms with Crippen LogP contribution in [0.4, 0.5) is 0 Å². The van der Waals surface area contributed by atoms with E-state index in [0.717, 1.165) is 0 Å². The Labute approximate surface area is 110 Å². The summed E-state index contributed by atoms with van der Waals surface area (Å²) in [7, 11) is 0. The average Bonchev–Trinajstić information content (AvgIpc) is 2.16. The summed E-state index contributed by atoms with van der Waals surface area (Å²) in [6.45, 7) is 9.45. The Bertz CT molecular complexity index is 148. The monoisotopic (exact) mass is 344 g/mol. The van der Waals surface area contributed by atoms with Crippen LogP contribution in [0.1, 0.15) is 59.8 Å². The molecule has 0 spiro atoms. The third kappa shape index (κ3) is 5.35. The second-order valence-electron chi connectivity index (χ2n) is 5.07. The molecule has 0 unspecified atom stereocenters. The second kappa shape index (κ2) is 7.48. The standard InChI is InChI=1S/C13H30IP/c1-5-9-13-15(14,10-6-2,11-7-3)12-8-4/h5-13H2,1-4H3. The summed E-state index contributed by atoms with van der Waals surface area (Å²) in [5.74, 6) is 0. The van der Waals surface area contributed by atoms with Gasteiger partial charge in [-0.3, -0.25) is 0 Å². The first-order chi connectivity index (χ1) is 7.04. The molecule has 0 aromatic carbocycles. The van der Waals surface area contributed by atoms with E-state index in [-0.39, 0.29) is 0 Å². The minimum absolute atomic E-state index is 1.32. The minimum atomic E-state index is -1.32. The van der Waals surface area contributed by atoms with E-state index < -0.39 is 4.25 Å². The molecular weight excluding hydrogens is 314 g/mol. The fourth-order valence-corrected chi connectivity index (χ4v) is 14.1. The summed E-state index contributed by atoms with van der Waals surface area (Å²) in [5.41, 5.74) is 0. The molecule has 0 heterocycles. The molecule has 0 radical (unpaired) electrons. The number of hydrogen-bond acceptors (Lipinski definition) is 0. The summed E-state index contributed by atoms with van der Waals surface area (Å²) >= 11 is 2.96. The molecule has 0 saturated carbocycles. The van der Waals surface area contributed by atoms with Crippen LogP contribution < -0.4 is 0 Å². The van der Waals surface area contributed by atoms with Crippen LogP contribution >= 0.6 is 26.3 Å². The van der Waals surface area contributed by atoms with E-state index in [0.29, 0.717) is 0 Å². The molecule has 0 rings (SSSR count). The van der Waals surface area contributed by atoms with Gasteiger partial charge >= 0.3 is 111 Å². The predicted molar refractivity (Wildman–Crippen MR) is 86.2 cm³/mol. The molecule has 0 aliphatic heterocycles. The van der Waals surface area contributed by atoms with Crippen molar-refractivity contribution in [1.82, 2.24) is 0 Å². The molecule has 0 aromatic heterocycles. The van der Waals surface area contributed by atoms with Gasteiger partial charge in [-0.15, -0.1) is 0 Å². The molecule has 0 N–H and O–H groups in total. The second-order valence-corrected chi connectivity index (χ2v) is 18.7. The molecule has 0 fully saturated rings. The first-order valence-electron chi connectivity index (χ1n) is 6.76. The van der Waals surface area contributed by atoms with E-state index in [1.165, 1.54) is 50.6 Å². The first kappa shape index (κ1) is 16.2. The SMILES string of the molecule is CCCCP(I)(CCC)(CCC)CCC. The van der Waals surface area contributed by atoms with Gasteiger partial charge in [0.2, 0.25) is 0 Å². The normalized spacial score (nSPS) is 14.9. The Morgan fingerprint density at radius 3 is 1.33 bits per heavy atom. The summed E-state index contributed by atoms with van der Waals surface area (Å²) in [4.78, 5) is 0. The first-order valence-corrected chi connectivity index (χ1v) is 12.5. The summed E-state index contributed by atoms with van der Waals surface area (Å²) in [6, 6.07) is 0. The molecule has 0 aromatic rings. The number of rotatable bonds is 9. The number of hydrogen-bond donors (Lipinski definition) is 0. The topological polar surface area (TPSA) is 0 Å². The van der Waals surface area contributed by atoms with Crippen LogP contribution in [0.15, 0.2) is 0 Å². The Balaban J connectivity index is 4.69. The van der Waals surface area contributed by atoms with E-state index in [2.05, 4.69) is 49.7 Å². The number of unbranched alkanes of at least 4 members (excludes halogenated alkanes) is 1. The molecular formula is C13H30IP. The Hall–Kier alpha value is 1.16. The van der Waals surface area contributed by atoms with Crippen molar-refractivity contribution in [2.45, 2.75) is 59.8 Å². The van der Waals surface area contributed by atoms with E-state index >= 15 is 0 Å². The van der Waals surface area contributed by atoms with Gasteiger partial charge in [0.25, 0.3) is 0 Å². The Morgan fingerprint density at radius 1 is 0.667 bits per heavy atom. The van der Waals surface area contributed by atoms with Crippen molar-refractivity contribution < 1.29 is 0 Å². The van der Waals surface area contributed by atoms with Gasteiger partial charge < -0.3 is 0 Å². The van der Waals surface area contributed by atoms with Gasteiger partial charge in [0, 0.05) is 0 Å². The zero-order chi connectivity index (χ0) is 11.8. The van der Waals surface area contributed by atoms with Crippen LogP contribution in [0.2, 0.25) is 0 Å². The van der Waals surface area contributed by atoms with Crippen molar-refractivity contribution in [3.05, 3.63) is 0 Å². The Morgan fingerprint density at radius 2 is 1.07 bits per heavy atom. The van der Waals surface area contributed by atoms with Crippen molar-refractivity contribution in [2.75, 3.05) is 24.6 Å². The van der Waals surface area contributed by atoms with Crippen LogP contribution in [0, 0.1) is 0 Å². The number of halogens is 1. The average molecular weight is 344 g/mol. The molecule has 0 bridgehead atoms. The van der Waals surface area contributed by atoms with Gasteiger partial charge in [-0.25, -0.2) is 0 Å². The zero-order valence-electron chi connectivity index (χ0n) is 11.2. The van der Waals surface area contributed by atoms with E-state index in [1.54, 1.807) is 6.16 Å². The van der Waals surface area contributed by atoms with E-state index in [4.69, 9.17) is 0 Å². The van der Waals surface area contributed by atoms with Gasteiger partial charge in [0.15, 0.2) is 0 Å². The van der Waals surface area contributed by atoms with Crippen LogP contribution in [0.5, 0.6) is 0 Å². The maximum absolute atomic E-state index is 2.96. The van der Waals surface area contributed by atoms with Gasteiger partial charge in [0.1, 0.15) is 0 Å².